The summed E-state index contributed by atoms with van der Waals surface area (Å²) >= 11 is 0. The fraction of sp³-hybridized carbons (Fsp3) is 0.600. The van der Waals surface area contributed by atoms with E-state index in [0.29, 0.717) is 115 Å². The van der Waals surface area contributed by atoms with Crippen molar-refractivity contribution in [3.63, 3.8) is 0 Å². The topological polar surface area (TPSA) is 115 Å². The molecule has 0 aliphatic heterocycles. The first kappa shape index (κ1) is 43.8. The van der Waals surface area contributed by atoms with E-state index in [9.17, 15) is 0 Å². The van der Waals surface area contributed by atoms with Gasteiger partial charge in [0.15, 0.2) is 23.0 Å². The maximum Gasteiger partial charge on any atom is 0.203 e. The zero-order chi connectivity index (χ0) is 36.6. The second kappa shape index (κ2) is 30.3. The van der Waals surface area contributed by atoms with E-state index in [0.717, 1.165) is 62.5 Å². The van der Waals surface area contributed by atoms with Gasteiger partial charge in [0.05, 0.1) is 60.5 Å². The Hall–Kier alpha value is -3.32. The molecule has 2 rings (SSSR count). The number of unbranched alkanes of at least 4 members (excludes halogenated alkanes) is 5. The molecular formula is C40H63NO10. The maximum atomic E-state index is 8.98. The molecular weight excluding hydrogens is 654 g/mol. The van der Waals surface area contributed by atoms with E-state index in [1.54, 1.807) is 14.2 Å². The molecule has 0 aliphatic carbocycles. The third kappa shape index (κ3) is 20.3. The number of hydrogen-bond donors (Lipinski definition) is 2. The number of aliphatic hydroxyl groups excluding tert-OH is 1. The number of methoxy groups -OCH3 is 2. The Labute approximate surface area is 306 Å². The molecule has 0 radical (unpaired) electrons. The van der Waals surface area contributed by atoms with Crippen LogP contribution in [0, 0.1) is 0 Å². The number of ether oxygens (including phenoxy) is 9. The third-order valence-electron chi connectivity index (χ3n) is 7.59. The molecule has 0 amide bonds. The minimum Gasteiger partial charge on any atom is -0.493 e. The summed E-state index contributed by atoms with van der Waals surface area (Å²) in [6.45, 7) is 14.6. The molecule has 2 aromatic rings. The first-order chi connectivity index (χ1) is 25.2. The van der Waals surface area contributed by atoms with Gasteiger partial charge in [0.1, 0.15) is 13.2 Å². The van der Waals surface area contributed by atoms with E-state index >= 15 is 0 Å². The zero-order valence-corrected chi connectivity index (χ0v) is 31.1. The molecule has 0 saturated heterocycles. The van der Waals surface area contributed by atoms with E-state index in [4.69, 9.17) is 47.7 Å². The largest absolute Gasteiger partial charge is 0.493 e. The predicted molar refractivity (Wildman–Crippen MR) is 201 cm³/mol. The molecule has 0 atom stereocenters. The molecule has 0 bridgehead atoms. The van der Waals surface area contributed by atoms with Crippen molar-refractivity contribution in [2.45, 2.75) is 64.5 Å². The van der Waals surface area contributed by atoms with Crippen LogP contribution in [0.3, 0.4) is 0 Å². The van der Waals surface area contributed by atoms with Gasteiger partial charge < -0.3 is 53.1 Å². The normalized spacial score (nSPS) is 11.0. The van der Waals surface area contributed by atoms with E-state index in [-0.39, 0.29) is 6.61 Å². The van der Waals surface area contributed by atoms with Gasteiger partial charge >= 0.3 is 0 Å². The highest BCUT2D eigenvalue weighted by Crippen LogP contribution is 2.39. The summed E-state index contributed by atoms with van der Waals surface area (Å²) in [5.41, 5.74) is 2.04. The fourth-order valence-electron chi connectivity index (χ4n) is 4.89. The Balaban J connectivity index is 1.91. The van der Waals surface area contributed by atoms with Crippen molar-refractivity contribution in [2.24, 2.45) is 0 Å². The lowest BCUT2D eigenvalue weighted by atomic mass is 10.1. The maximum absolute atomic E-state index is 8.98. The van der Waals surface area contributed by atoms with Crippen LogP contribution in [-0.4, -0.2) is 98.6 Å². The first-order valence-corrected chi connectivity index (χ1v) is 18.3. The van der Waals surface area contributed by atoms with E-state index in [1.807, 2.05) is 42.5 Å². The average Bonchev–Trinajstić information content (AvgIpc) is 3.15. The number of allylic oxidation sites excluding steroid dienone is 2. The Kier molecular flexibility index (Phi) is 26.1. The van der Waals surface area contributed by atoms with E-state index < -0.39 is 0 Å². The molecule has 0 spiro atoms. The van der Waals surface area contributed by atoms with Crippen LogP contribution in [0.2, 0.25) is 0 Å². The summed E-state index contributed by atoms with van der Waals surface area (Å²) in [7, 11) is 3.26. The molecule has 0 heterocycles. The van der Waals surface area contributed by atoms with Crippen molar-refractivity contribution >= 4 is 0 Å². The molecule has 2 aromatic carbocycles. The van der Waals surface area contributed by atoms with E-state index in [1.165, 1.54) is 0 Å². The van der Waals surface area contributed by atoms with Gasteiger partial charge in [-0.25, -0.2) is 0 Å². The SMILES string of the molecule is C=CCCCOCCOCCOc1ccc(CNCc2cc(OC)c(OCCCCCCO)c(OC)c2)cc1OCCOCCOCCCC=C. The molecule has 0 unspecified atom stereocenters. The first-order valence-electron chi connectivity index (χ1n) is 18.3. The van der Waals surface area contributed by atoms with Crippen molar-refractivity contribution in [2.75, 3.05) is 93.5 Å². The Morgan fingerprint density at radius 1 is 0.529 bits per heavy atom. The monoisotopic (exact) mass is 717 g/mol. The molecule has 0 fully saturated rings. The van der Waals surface area contributed by atoms with Crippen LogP contribution in [-0.2, 0) is 32.0 Å². The van der Waals surface area contributed by atoms with Gasteiger partial charge in [0.2, 0.25) is 5.75 Å². The Morgan fingerprint density at radius 3 is 1.61 bits per heavy atom. The minimum absolute atomic E-state index is 0.223. The quantitative estimate of drug-likeness (QED) is 0.0588. The van der Waals surface area contributed by atoms with Crippen molar-refractivity contribution in [1.29, 1.82) is 0 Å². The van der Waals surface area contributed by atoms with Crippen molar-refractivity contribution in [3.8, 4) is 28.7 Å². The van der Waals surface area contributed by atoms with Crippen LogP contribution in [0.4, 0.5) is 0 Å². The van der Waals surface area contributed by atoms with E-state index in [2.05, 4.69) is 18.5 Å². The lowest BCUT2D eigenvalue weighted by molar-refractivity contribution is 0.0326. The van der Waals surface area contributed by atoms with Crippen LogP contribution in [0.5, 0.6) is 28.7 Å². The minimum atomic E-state index is 0.223. The summed E-state index contributed by atoms with van der Waals surface area (Å²) < 4.78 is 52.0. The number of nitrogens with one attached hydrogen (secondary N) is 1. The second-order valence-electron chi connectivity index (χ2n) is 11.7. The molecule has 11 nitrogen and oxygen atoms in total. The van der Waals surface area contributed by atoms with Gasteiger partial charge in [-0.2, -0.15) is 0 Å². The predicted octanol–water partition coefficient (Wildman–Crippen LogP) is 6.68. The van der Waals surface area contributed by atoms with Crippen molar-refractivity contribution in [3.05, 3.63) is 66.8 Å². The van der Waals surface area contributed by atoms with Gasteiger partial charge in [0, 0.05) is 32.9 Å². The number of hydrogen-bond acceptors (Lipinski definition) is 11. The van der Waals surface area contributed by atoms with Crippen molar-refractivity contribution < 1.29 is 47.7 Å². The third-order valence-corrected chi connectivity index (χ3v) is 7.59. The van der Waals surface area contributed by atoms with Gasteiger partial charge in [-0.1, -0.05) is 24.6 Å². The molecule has 11 heteroatoms. The van der Waals surface area contributed by atoms with Gasteiger partial charge in [-0.3, -0.25) is 0 Å². The molecule has 0 saturated carbocycles. The number of rotatable bonds is 35. The second-order valence-corrected chi connectivity index (χ2v) is 11.7. The molecule has 51 heavy (non-hydrogen) atoms. The Morgan fingerprint density at radius 2 is 1.04 bits per heavy atom. The molecule has 2 N–H and O–H groups in total. The zero-order valence-electron chi connectivity index (χ0n) is 31.1. The highest BCUT2D eigenvalue weighted by molar-refractivity contribution is 5.54. The standard InChI is InChI=1S/C40H63NO10/c1-5-7-12-18-45-21-23-47-25-27-49-36-16-15-34(29-37(36)50-28-26-48-24-22-46-19-13-8-6-2)32-41-33-35-30-38(43-3)40(39(31-35)44-4)51-20-14-10-9-11-17-42/h5-6,15-16,29-31,41-42H,1-2,7-14,17-28,32-33H2,3-4H3. The highest BCUT2D eigenvalue weighted by atomic mass is 16.6. The van der Waals surface area contributed by atoms with Crippen LogP contribution in [0.15, 0.2) is 55.6 Å². The van der Waals surface area contributed by atoms with Gasteiger partial charge in [0.25, 0.3) is 0 Å². The molecule has 288 valence electrons. The fourth-order valence-corrected chi connectivity index (χ4v) is 4.89. The lowest BCUT2D eigenvalue weighted by Crippen LogP contribution is -2.15. The smallest absolute Gasteiger partial charge is 0.203 e. The van der Waals surface area contributed by atoms with Crippen LogP contribution in [0.1, 0.15) is 62.5 Å². The molecule has 0 aliphatic rings. The lowest BCUT2D eigenvalue weighted by Gasteiger charge is -2.17. The summed E-state index contributed by atoms with van der Waals surface area (Å²) in [6.07, 6.45) is 11.3. The number of benzene rings is 2. The number of aliphatic hydroxyl groups is 1. The van der Waals surface area contributed by atoms with Crippen molar-refractivity contribution in [1.82, 2.24) is 5.32 Å². The molecule has 0 aromatic heterocycles. The summed E-state index contributed by atoms with van der Waals surface area (Å²) in [4.78, 5) is 0. The average molecular weight is 718 g/mol. The van der Waals surface area contributed by atoms with Gasteiger partial charge in [-0.15, -0.1) is 13.2 Å². The van der Waals surface area contributed by atoms with Crippen LogP contribution >= 0.6 is 0 Å². The summed E-state index contributed by atoms with van der Waals surface area (Å²) in [5.74, 6) is 3.14. The summed E-state index contributed by atoms with van der Waals surface area (Å²) in [6, 6.07) is 9.86. The highest BCUT2D eigenvalue weighted by Gasteiger charge is 2.15. The Bertz CT molecular complexity index is 1150. The van der Waals surface area contributed by atoms with Gasteiger partial charge in [-0.05, 0) is 80.3 Å². The van der Waals surface area contributed by atoms with Crippen LogP contribution < -0.4 is 29.0 Å². The van der Waals surface area contributed by atoms with Crippen LogP contribution in [0.25, 0.3) is 0 Å². The summed E-state index contributed by atoms with van der Waals surface area (Å²) in [5, 5.41) is 12.5.